The van der Waals surface area contributed by atoms with Crippen LogP contribution in [-0.2, 0) is 38.7 Å². The van der Waals surface area contributed by atoms with Gasteiger partial charge >= 0.3 is 69.3 Å². The number of carbonyl (C=O) groups is 3. The number of ether oxygens (including phenoxy) is 3. The van der Waals surface area contributed by atoms with Gasteiger partial charge < -0.3 is 14.2 Å². The zero-order chi connectivity index (χ0) is 21.3. The molecule has 0 aliphatic rings. The third kappa shape index (κ3) is 12.8. The van der Waals surface area contributed by atoms with E-state index in [0.29, 0.717) is 0 Å². The topological polar surface area (TPSA) is 133 Å². The predicted octanol–water partition coefficient (Wildman–Crippen LogP) is 0.794. The van der Waals surface area contributed by atoms with E-state index in [0.717, 1.165) is 0 Å². The summed E-state index contributed by atoms with van der Waals surface area (Å²) in [7, 11) is -4.08. The molecule has 0 fully saturated rings. The Hall–Kier alpha value is -0.564. The standard InChI is InChI=1S/C17H26O9S.K.H/c1-12(2)14(18)25-10-17(5,11-26-15(19)13(3)4)16(20)24-8-6-7-9-27(21,22)23;;/h1,3,6-11H2,2,4-5H3,(H,21,22,23);;. The van der Waals surface area contributed by atoms with Crippen molar-refractivity contribution >= 4 is 79.4 Å². The number of carbonyl (C=O) groups excluding carboxylic acids is 3. The first-order valence-electron chi connectivity index (χ1n) is 8.06. The van der Waals surface area contributed by atoms with E-state index in [9.17, 15) is 22.8 Å². The zero-order valence-electron chi connectivity index (χ0n) is 15.8. The first kappa shape index (κ1) is 29.6. The second-order valence-electron chi connectivity index (χ2n) is 6.40. The van der Waals surface area contributed by atoms with Crippen molar-refractivity contribution in [3.63, 3.8) is 0 Å². The molecular weight excluding hydrogens is 419 g/mol. The summed E-state index contributed by atoms with van der Waals surface area (Å²) < 4.78 is 44.9. The van der Waals surface area contributed by atoms with E-state index in [1.54, 1.807) is 0 Å². The van der Waals surface area contributed by atoms with Gasteiger partial charge in [0.05, 0.1) is 12.4 Å². The van der Waals surface area contributed by atoms with Crippen LogP contribution >= 0.6 is 0 Å². The molecule has 0 rings (SSSR count). The van der Waals surface area contributed by atoms with Crippen LogP contribution < -0.4 is 0 Å². The maximum absolute atomic E-state index is 12.4. The SMILES string of the molecule is C=C(C)C(=O)OCC(C)(COC(=O)C(=C)C)C(=O)OCCCCS(=O)(=O)O.[KH]. The average Bonchev–Trinajstić information content (AvgIpc) is 2.55. The second kappa shape index (κ2) is 13.6. The van der Waals surface area contributed by atoms with Crippen LogP contribution in [0.3, 0.4) is 0 Å². The Morgan fingerprint density at radius 3 is 1.71 bits per heavy atom. The molecule has 0 saturated heterocycles. The van der Waals surface area contributed by atoms with Crippen LogP contribution in [0.15, 0.2) is 24.3 Å². The van der Waals surface area contributed by atoms with Gasteiger partial charge in [0.25, 0.3) is 10.1 Å². The molecule has 0 spiro atoms. The van der Waals surface area contributed by atoms with E-state index in [1.807, 2.05) is 0 Å². The summed E-state index contributed by atoms with van der Waals surface area (Å²) in [5.74, 6) is -2.67. The van der Waals surface area contributed by atoms with Crippen molar-refractivity contribution in [3.8, 4) is 0 Å². The van der Waals surface area contributed by atoms with Gasteiger partial charge in [-0.05, 0) is 33.6 Å². The van der Waals surface area contributed by atoms with Crippen LogP contribution in [0, 0.1) is 5.41 Å². The van der Waals surface area contributed by atoms with E-state index < -0.39 is 52.4 Å². The van der Waals surface area contributed by atoms with Gasteiger partial charge in [-0.3, -0.25) is 9.35 Å². The Labute approximate surface area is 208 Å². The molecule has 1 N–H and O–H groups in total. The summed E-state index contributed by atoms with van der Waals surface area (Å²) in [6, 6.07) is 0. The first-order chi connectivity index (χ1) is 12.3. The van der Waals surface area contributed by atoms with Gasteiger partial charge in [0.15, 0.2) is 0 Å². The molecule has 0 unspecified atom stereocenters. The molecule has 0 heterocycles. The normalized spacial score (nSPS) is 11.0. The second-order valence-corrected chi connectivity index (χ2v) is 7.97. The fourth-order valence-electron chi connectivity index (χ4n) is 1.58. The van der Waals surface area contributed by atoms with Gasteiger partial charge in [0.2, 0.25) is 0 Å². The average molecular weight is 447 g/mol. The third-order valence-corrected chi connectivity index (χ3v) is 4.07. The molecule has 0 atom stereocenters. The molecule has 0 saturated carbocycles. The molecular formula is C17H27KO9S. The maximum atomic E-state index is 12.4. The van der Waals surface area contributed by atoms with Gasteiger partial charge in [-0.15, -0.1) is 0 Å². The molecule has 0 aliphatic heterocycles. The summed E-state index contributed by atoms with van der Waals surface area (Å²) in [6.45, 7) is 10.2. The van der Waals surface area contributed by atoms with Crippen molar-refractivity contribution in [3.05, 3.63) is 24.3 Å². The minimum atomic E-state index is -4.08. The number of esters is 3. The fourth-order valence-corrected chi connectivity index (χ4v) is 2.15. The van der Waals surface area contributed by atoms with Crippen LogP contribution in [0.2, 0.25) is 0 Å². The summed E-state index contributed by atoms with van der Waals surface area (Å²) in [5, 5.41) is 0. The molecule has 9 nitrogen and oxygen atoms in total. The van der Waals surface area contributed by atoms with Crippen LogP contribution in [0.1, 0.15) is 33.6 Å². The predicted molar refractivity (Wildman–Crippen MR) is 103 cm³/mol. The first-order valence-corrected chi connectivity index (χ1v) is 9.67. The number of rotatable bonds is 12. The summed E-state index contributed by atoms with van der Waals surface area (Å²) >= 11 is 0. The Bertz CT molecular complexity index is 667. The summed E-state index contributed by atoms with van der Waals surface area (Å²) in [6.07, 6.45) is 0.289. The number of hydrogen-bond donors (Lipinski definition) is 1. The van der Waals surface area contributed by atoms with E-state index in [1.165, 1.54) is 20.8 Å². The molecule has 0 radical (unpaired) electrons. The molecule has 0 bridgehead atoms. The zero-order valence-corrected chi connectivity index (χ0v) is 16.6. The van der Waals surface area contributed by atoms with Crippen molar-refractivity contribution in [2.45, 2.75) is 33.6 Å². The summed E-state index contributed by atoms with van der Waals surface area (Å²) in [5.41, 5.74) is -1.20. The van der Waals surface area contributed by atoms with Crippen LogP contribution in [0.5, 0.6) is 0 Å². The Kier molecular flexibility index (Phi) is 14.4. The van der Waals surface area contributed by atoms with Crippen LogP contribution in [0.4, 0.5) is 0 Å². The third-order valence-electron chi connectivity index (χ3n) is 3.26. The van der Waals surface area contributed by atoms with E-state index in [2.05, 4.69) is 13.2 Å². The number of hydrogen-bond acceptors (Lipinski definition) is 8. The Balaban J connectivity index is 0. The van der Waals surface area contributed by atoms with Gasteiger partial charge in [0.1, 0.15) is 18.6 Å². The molecule has 11 heteroatoms. The monoisotopic (exact) mass is 446 g/mol. The van der Waals surface area contributed by atoms with Crippen LogP contribution in [-0.4, -0.2) is 108 Å². The minimum absolute atomic E-state index is 0. The summed E-state index contributed by atoms with van der Waals surface area (Å²) in [4.78, 5) is 35.5. The quantitative estimate of drug-likeness (QED) is 0.115. The molecule has 0 aromatic carbocycles. The molecule has 156 valence electrons. The number of unbranched alkanes of at least 4 members (excludes halogenated alkanes) is 1. The Morgan fingerprint density at radius 1 is 0.929 bits per heavy atom. The fraction of sp³-hybridized carbons (Fsp3) is 0.588. The van der Waals surface area contributed by atoms with Crippen LogP contribution in [0.25, 0.3) is 0 Å². The van der Waals surface area contributed by atoms with E-state index >= 15 is 0 Å². The molecule has 0 aromatic heterocycles. The van der Waals surface area contributed by atoms with E-state index in [4.69, 9.17) is 18.8 Å². The van der Waals surface area contributed by atoms with Crippen molar-refractivity contribution in [2.75, 3.05) is 25.6 Å². The molecule has 28 heavy (non-hydrogen) atoms. The van der Waals surface area contributed by atoms with Crippen molar-refractivity contribution in [2.24, 2.45) is 5.41 Å². The Morgan fingerprint density at radius 2 is 1.36 bits per heavy atom. The van der Waals surface area contributed by atoms with Gasteiger partial charge in [-0.25, -0.2) is 9.59 Å². The van der Waals surface area contributed by atoms with Crippen molar-refractivity contribution in [1.82, 2.24) is 0 Å². The molecule has 0 aromatic rings. The molecule has 0 aliphatic carbocycles. The molecule has 0 amide bonds. The van der Waals surface area contributed by atoms with Gasteiger partial charge in [-0.2, -0.15) is 8.42 Å². The van der Waals surface area contributed by atoms with Gasteiger partial charge in [0, 0.05) is 11.1 Å². The van der Waals surface area contributed by atoms with Crippen molar-refractivity contribution in [1.29, 1.82) is 0 Å². The van der Waals surface area contributed by atoms with Crippen molar-refractivity contribution < 1.29 is 41.6 Å². The van der Waals surface area contributed by atoms with Gasteiger partial charge in [-0.1, -0.05) is 13.2 Å². The van der Waals surface area contributed by atoms with E-state index in [-0.39, 0.29) is 82.0 Å².